The van der Waals surface area contributed by atoms with Gasteiger partial charge in [0.2, 0.25) is 0 Å². The van der Waals surface area contributed by atoms with E-state index in [0.717, 1.165) is 12.8 Å². The van der Waals surface area contributed by atoms with Crippen molar-refractivity contribution in [2.75, 3.05) is 21.1 Å². The molecule has 0 unspecified atom stereocenters. The molecule has 3 nitrogen and oxygen atoms in total. The maximum atomic E-state index is 10.4. The molecule has 0 saturated carbocycles. The van der Waals surface area contributed by atoms with E-state index in [1.165, 1.54) is 6.08 Å². The largest absolute Gasteiger partial charge is 0.312 e. The zero-order valence-electron chi connectivity index (χ0n) is 8.80. The molecular formula is C9H19ClN2O. The number of allylic oxidation sites excluding steroid dienone is 1. The zero-order valence-corrected chi connectivity index (χ0v) is 9.56. The Hall–Kier alpha value is -0.540. The second-order valence-electron chi connectivity index (χ2n) is 2.99. The standard InChI is InChI=1S/C6H10ClNO.C3H9N/c1-2-3-4-5-6(9)8-7;1-4(2)3/h4-5H,2-3H2,1H3,(H,8,9);1-3H3. The molecule has 0 heterocycles. The molecule has 1 N–H and O–H groups in total. The molecule has 13 heavy (non-hydrogen) atoms. The van der Waals surface area contributed by atoms with E-state index in [4.69, 9.17) is 11.8 Å². The first-order valence-corrected chi connectivity index (χ1v) is 4.60. The molecule has 0 atom stereocenters. The van der Waals surface area contributed by atoms with Gasteiger partial charge >= 0.3 is 0 Å². The molecule has 0 aliphatic heterocycles. The van der Waals surface area contributed by atoms with Gasteiger partial charge in [0.25, 0.3) is 5.91 Å². The molecule has 0 spiro atoms. The van der Waals surface area contributed by atoms with Crippen LogP contribution in [0.25, 0.3) is 0 Å². The van der Waals surface area contributed by atoms with Gasteiger partial charge in [-0.15, -0.1) is 0 Å². The molecule has 0 aromatic rings. The molecule has 0 aromatic carbocycles. The van der Waals surface area contributed by atoms with Crippen LogP contribution in [0.5, 0.6) is 0 Å². The summed E-state index contributed by atoms with van der Waals surface area (Å²) < 4.78 is 0. The van der Waals surface area contributed by atoms with Crippen LogP contribution in [0.4, 0.5) is 0 Å². The Balaban J connectivity index is 0. The second kappa shape index (κ2) is 11.5. The van der Waals surface area contributed by atoms with Crippen LogP contribution in [0.15, 0.2) is 12.2 Å². The smallest absolute Gasteiger partial charge is 0.257 e. The molecule has 0 aliphatic carbocycles. The highest BCUT2D eigenvalue weighted by Crippen LogP contribution is 1.87. The number of halogens is 1. The molecule has 0 radical (unpaired) electrons. The maximum absolute atomic E-state index is 10.4. The predicted octanol–water partition coefficient (Wildman–Crippen LogP) is 1.79. The summed E-state index contributed by atoms with van der Waals surface area (Å²) in [6.07, 6.45) is 5.19. The van der Waals surface area contributed by atoms with Crippen molar-refractivity contribution < 1.29 is 4.79 Å². The number of amides is 1. The van der Waals surface area contributed by atoms with E-state index in [1.807, 2.05) is 37.8 Å². The first kappa shape index (κ1) is 15.0. The molecule has 0 rings (SSSR count). The maximum Gasteiger partial charge on any atom is 0.257 e. The van der Waals surface area contributed by atoms with Crippen molar-refractivity contribution in [3.05, 3.63) is 12.2 Å². The van der Waals surface area contributed by atoms with Gasteiger partial charge in [-0.3, -0.25) is 9.63 Å². The molecular weight excluding hydrogens is 188 g/mol. The predicted molar refractivity (Wildman–Crippen MR) is 57.7 cm³/mol. The van der Waals surface area contributed by atoms with Crippen LogP contribution < -0.4 is 4.84 Å². The number of carbonyl (C=O) groups excluding carboxylic acids is 1. The average molecular weight is 207 g/mol. The van der Waals surface area contributed by atoms with Crippen LogP contribution in [-0.2, 0) is 4.79 Å². The van der Waals surface area contributed by atoms with Gasteiger partial charge in [0.15, 0.2) is 0 Å². The van der Waals surface area contributed by atoms with E-state index < -0.39 is 0 Å². The number of nitrogens with one attached hydrogen (secondary N) is 1. The number of hydrogen-bond donors (Lipinski definition) is 1. The number of carbonyl (C=O) groups is 1. The van der Waals surface area contributed by atoms with Crippen LogP contribution in [0, 0.1) is 0 Å². The fourth-order valence-electron chi connectivity index (χ4n) is 0.389. The lowest BCUT2D eigenvalue weighted by atomic mass is 10.3. The highest BCUT2D eigenvalue weighted by Gasteiger charge is 1.86. The van der Waals surface area contributed by atoms with E-state index in [0.29, 0.717) is 0 Å². The van der Waals surface area contributed by atoms with Gasteiger partial charge in [0, 0.05) is 17.9 Å². The fraction of sp³-hybridized carbons (Fsp3) is 0.667. The summed E-state index contributed by atoms with van der Waals surface area (Å²) in [7, 11) is 6.00. The zero-order chi connectivity index (χ0) is 10.7. The summed E-state index contributed by atoms with van der Waals surface area (Å²) >= 11 is 4.98. The summed E-state index contributed by atoms with van der Waals surface area (Å²) in [5, 5.41) is 0. The van der Waals surface area contributed by atoms with Gasteiger partial charge in [-0.2, -0.15) is 0 Å². The lowest BCUT2D eigenvalue weighted by Gasteiger charge is -1.90. The summed E-state index contributed by atoms with van der Waals surface area (Å²) in [4.78, 5) is 14.3. The summed E-state index contributed by atoms with van der Waals surface area (Å²) in [5.41, 5.74) is 0. The summed E-state index contributed by atoms with van der Waals surface area (Å²) in [5.74, 6) is -0.259. The van der Waals surface area contributed by atoms with Crippen LogP contribution >= 0.6 is 11.8 Å². The average Bonchev–Trinajstić information content (AvgIpc) is 2.03. The van der Waals surface area contributed by atoms with Crippen LogP contribution in [0.3, 0.4) is 0 Å². The molecule has 4 heteroatoms. The Kier molecular flexibility index (Phi) is 13.2. The highest BCUT2D eigenvalue weighted by molar-refractivity contribution is 6.23. The Morgan fingerprint density at radius 2 is 1.92 bits per heavy atom. The number of unbranched alkanes of at least 4 members (excludes halogenated alkanes) is 1. The van der Waals surface area contributed by atoms with Crippen molar-refractivity contribution in [1.29, 1.82) is 0 Å². The molecule has 0 fully saturated rings. The molecule has 0 saturated heterocycles. The Morgan fingerprint density at radius 3 is 2.23 bits per heavy atom. The summed E-state index contributed by atoms with van der Waals surface area (Å²) in [6, 6.07) is 0. The first-order chi connectivity index (χ1) is 6.04. The Bertz CT molecular complexity index is 144. The third-order valence-corrected chi connectivity index (χ3v) is 1.00. The van der Waals surface area contributed by atoms with Crippen molar-refractivity contribution in [3.8, 4) is 0 Å². The molecule has 0 bridgehead atoms. The number of nitrogens with zero attached hydrogens (tertiary/aromatic N) is 1. The van der Waals surface area contributed by atoms with E-state index in [-0.39, 0.29) is 5.91 Å². The van der Waals surface area contributed by atoms with E-state index in [2.05, 4.69) is 0 Å². The van der Waals surface area contributed by atoms with Gasteiger partial charge in [0.05, 0.1) is 0 Å². The van der Waals surface area contributed by atoms with Gasteiger partial charge < -0.3 is 4.90 Å². The lowest BCUT2D eigenvalue weighted by molar-refractivity contribution is -0.114. The van der Waals surface area contributed by atoms with Crippen molar-refractivity contribution in [3.63, 3.8) is 0 Å². The van der Waals surface area contributed by atoms with Crippen molar-refractivity contribution in [2.24, 2.45) is 0 Å². The van der Waals surface area contributed by atoms with Gasteiger partial charge in [-0.1, -0.05) is 19.4 Å². The van der Waals surface area contributed by atoms with Gasteiger partial charge in [0.1, 0.15) is 0 Å². The molecule has 0 aromatic heterocycles. The Morgan fingerprint density at radius 1 is 1.46 bits per heavy atom. The lowest BCUT2D eigenvalue weighted by Crippen LogP contribution is -2.07. The summed E-state index contributed by atoms with van der Waals surface area (Å²) in [6.45, 7) is 2.04. The van der Waals surface area contributed by atoms with E-state index >= 15 is 0 Å². The van der Waals surface area contributed by atoms with Crippen LogP contribution in [-0.4, -0.2) is 32.0 Å². The van der Waals surface area contributed by atoms with Crippen molar-refractivity contribution in [1.82, 2.24) is 9.74 Å². The highest BCUT2D eigenvalue weighted by atomic mass is 35.5. The van der Waals surface area contributed by atoms with E-state index in [1.54, 1.807) is 6.08 Å². The second-order valence-corrected chi connectivity index (χ2v) is 3.18. The molecule has 78 valence electrons. The molecule has 0 aliphatic rings. The minimum Gasteiger partial charge on any atom is -0.312 e. The molecule has 1 amide bonds. The Labute approximate surface area is 85.9 Å². The number of hydrogen-bond acceptors (Lipinski definition) is 2. The van der Waals surface area contributed by atoms with Crippen molar-refractivity contribution >= 4 is 17.7 Å². The van der Waals surface area contributed by atoms with Crippen LogP contribution in [0.2, 0.25) is 0 Å². The van der Waals surface area contributed by atoms with Gasteiger partial charge in [-0.05, 0) is 27.6 Å². The third-order valence-electron chi connectivity index (χ3n) is 0.818. The van der Waals surface area contributed by atoms with Crippen molar-refractivity contribution in [2.45, 2.75) is 19.8 Å². The monoisotopic (exact) mass is 206 g/mol. The SMILES string of the molecule is CCCC=CC(=O)NCl.CN(C)C. The van der Waals surface area contributed by atoms with Crippen LogP contribution in [0.1, 0.15) is 19.8 Å². The number of rotatable bonds is 3. The van der Waals surface area contributed by atoms with Gasteiger partial charge in [-0.25, -0.2) is 0 Å². The van der Waals surface area contributed by atoms with E-state index in [9.17, 15) is 4.79 Å². The third kappa shape index (κ3) is 24.6. The fourth-order valence-corrected chi connectivity index (χ4v) is 0.452. The topological polar surface area (TPSA) is 32.3 Å². The first-order valence-electron chi connectivity index (χ1n) is 4.22. The normalized spacial score (nSPS) is 9.69. The minimum atomic E-state index is -0.259. The quantitative estimate of drug-likeness (QED) is 0.564. The minimum absolute atomic E-state index is 0.259.